The van der Waals surface area contributed by atoms with E-state index in [0.29, 0.717) is 35.1 Å². The van der Waals surface area contributed by atoms with Crippen molar-refractivity contribution in [1.29, 1.82) is 0 Å². The van der Waals surface area contributed by atoms with Crippen molar-refractivity contribution in [3.8, 4) is 5.75 Å². The third-order valence-corrected chi connectivity index (χ3v) is 5.61. The van der Waals surface area contributed by atoms with Crippen molar-refractivity contribution in [2.24, 2.45) is 0 Å². The SMILES string of the molecule is CCOc1ccccc1C(=O)Nc1ccc(SCc2nc3ccccc3[nH]c2=O)cc1. The number of fused-ring (bicyclic) bond motifs is 1. The molecule has 156 valence electrons. The lowest BCUT2D eigenvalue weighted by atomic mass is 10.2. The summed E-state index contributed by atoms with van der Waals surface area (Å²) < 4.78 is 5.53. The van der Waals surface area contributed by atoms with Crippen molar-refractivity contribution in [2.75, 3.05) is 11.9 Å². The van der Waals surface area contributed by atoms with E-state index in [2.05, 4.69) is 15.3 Å². The molecule has 0 spiro atoms. The van der Waals surface area contributed by atoms with E-state index in [4.69, 9.17) is 4.74 Å². The number of carbonyl (C=O) groups excluding carboxylic acids is 1. The molecular formula is C24H21N3O3S. The molecule has 1 heterocycles. The summed E-state index contributed by atoms with van der Waals surface area (Å²) in [4.78, 5) is 33.2. The smallest absolute Gasteiger partial charge is 0.271 e. The van der Waals surface area contributed by atoms with Crippen LogP contribution < -0.4 is 15.6 Å². The summed E-state index contributed by atoms with van der Waals surface area (Å²) in [7, 11) is 0. The third-order valence-electron chi connectivity index (χ3n) is 4.59. The van der Waals surface area contributed by atoms with Crippen LogP contribution in [0, 0.1) is 0 Å². The fourth-order valence-corrected chi connectivity index (χ4v) is 3.91. The molecule has 7 heteroatoms. The molecule has 0 bridgehead atoms. The number of rotatable bonds is 7. The molecule has 0 atom stereocenters. The minimum Gasteiger partial charge on any atom is -0.493 e. The Morgan fingerprint density at radius 1 is 1.03 bits per heavy atom. The summed E-state index contributed by atoms with van der Waals surface area (Å²) in [6.07, 6.45) is 0. The maximum atomic E-state index is 12.6. The number of para-hydroxylation sites is 3. The first-order valence-corrected chi connectivity index (χ1v) is 10.9. The number of amides is 1. The third kappa shape index (κ3) is 4.95. The molecule has 2 N–H and O–H groups in total. The molecular weight excluding hydrogens is 410 g/mol. The lowest BCUT2D eigenvalue weighted by molar-refractivity contribution is 0.102. The quantitative estimate of drug-likeness (QED) is 0.408. The zero-order valence-corrected chi connectivity index (χ0v) is 17.7. The number of hydrogen-bond acceptors (Lipinski definition) is 5. The molecule has 0 radical (unpaired) electrons. The second-order valence-corrected chi connectivity index (χ2v) is 7.77. The number of aromatic amines is 1. The number of carbonyl (C=O) groups is 1. The summed E-state index contributed by atoms with van der Waals surface area (Å²) >= 11 is 1.51. The van der Waals surface area contributed by atoms with Gasteiger partial charge in [0, 0.05) is 16.3 Å². The predicted molar refractivity (Wildman–Crippen MR) is 124 cm³/mol. The van der Waals surface area contributed by atoms with Crippen LogP contribution in [-0.2, 0) is 5.75 Å². The van der Waals surface area contributed by atoms with E-state index in [-0.39, 0.29) is 11.5 Å². The molecule has 0 saturated heterocycles. The first-order chi connectivity index (χ1) is 15.1. The average molecular weight is 432 g/mol. The van der Waals surface area contributed by atoms with E-state index in [1.165, 1.54) is 11.8 Å². The number of H-pyrrole nitrogens is 1. The Labute approximate surface area is 183 Å². The topological polar surface area (TPSA) is 84.1 Å². The van der Waals surface area contributed by atoms with Crippen LogP contribution >= 0.6 is 11.8 Å². The van der Waals surface area contributed by atoms with Crippen molar-refractivity contribution >= 4 is 34.4 Å². The number of thioether (sulfide) groups is 1. The van der Waals surface area contributed by atoms with Gasteiger partial charge in [-0.25, -0.2) is 4.98 Å². The van der Waals surface area contributed by atoms with Crippen LogP contribution in [0.2, 0.25) is 0 Å². The normalized spacial score (nSPS) is 10.7. The van der Waals surface area contributed by atoms with Gasteiger partial charge >= 0.3 is 0 Å². The standard InChI is InChI=1S/C24H21N3O3S/c1-2-30-22-10-6-3-7-18(22)23(28)25-16-11-13-17(14-12-16)31-15-21-24(29)27-20-9-5-4-8-19(20)26-21/h3-14H,2,15H2,1H3,(H,25,28)(H,27,29). The number of nitrogens with zero attached hydrogens (tertiary/aromatic N) is 1. The van der Waals surface area contributed by atoms with Crippen molar-refractivity contribution in [2.45, 2.75) is 17.6 Å². The Hall–Kier alpha value is -3.58. The molecule has 31 heavy (non-hydrogen) atoms. The lowest BCUT2D eigenvalue weighted by Gasteiger charge is -2.11. The fourth-order valence-electron chi connectivity index (χ4n) is 3.09. The van der Waals surface area contributed by atoms with Gasteiger partial charge in [0.05, 0.1) is 23.2 Å². The minimum atomic E-state index is -0.226. The van der Waals surface area contributed by atoms with Crippen molar-refractivity contribution in [3.63, 3.8) is 0 Å². The molecule has 0 aliphatic carbocycles. The van der Waals surface area contributed by atoms with Crippen LogP contribution in [0.1, 0.15) is 23.0 Å². The summed E-state index contributed by atoms with van der Waals surface area (Å²) in [6.45, 7) is 2.37. The van der Waals surface area contributed by atoms with Gasteiger partial charge in [0.2, 0.25) is 0 Å². The van der Waals surface area contributed by atoms with E-state index < -0.39 is 0 Å². The van der Waals surface area contributed by atoms with Crippen LogP contribution in [-0.4, -0.2) is 22.5 Å². The molecule has 0 unspecified atom stereocenters. The molecule has 0 fully saturated rings. The van der Waals surface area contributed by atoms with Gasteiger partial charge in [-0.05, 0) is 55.5 Å². The van der Waals surface area contributed by atoms with E-state index >= 15 is 0 Å². The van der Waals surface area contributed by atoms with E-state index in [1.54, 1.807) is 18.2 Å². The number of benzene rings is 3. The molecule has 1 aromatic heterocycles. The molecule has 4 rings (SSSR count). The second-order valence-electron chi connectivity index (χ2n) is 6.73. The van der Waals surface area contributed by atoms with Gasteiger partial charge in [0.15, 0.2) is 0 Å². The first-order valence-electron chi connectivity index (χ1n) is 9.88. The van der Waals surface area contributed by atoms with Crippen molar-refractivity contribution in [3.05, 3.63) is 94.4 Å². The Morgan fingerprint density at radius 3 is 2.58 bits per heavy atom. The first kappa shape index (κ1) is 20.7. The van der Waals surface area contributed by atoms with Crippen LogP contribution in [0.4, 0.5) is 5.69 Å². The van der Waals surface area contributed by atoms with Crippen LogP contribution in [0.15, 0.2) is 82.5 Å². The van der Waals surface area contributed by atoms with Crippen molar-refractivity contribution < 1.29 is 9.53 Å². The van der Waals surface area contributed by atoms with Gasteiger partial charge in [0.25, 0.3) is 11.5 Å². The van der Waals surface area contributed by atoms with Gasteiger partial charge in [0.1, 0.15) is 11.4 Å². The summed E-state index contributed by atoms with van der Waals surface area (Å²) in [5.41, 5.74) is 2.97. The molecule has 0 aliphatic rings. The highest BCUT2D eigenvalue weighted by Crippen LogP contribution is 2.24. The van der Waals surface area contributed by atoms with Gasteiger partial charge < -0.3 is 15.0 Å². The predicted octanol–water partition coefficient (Wildman–Crippen LogP) is 4.87. The van der Waals surface area contributed by atoms with E-state index in [0.717, 1.165) is 15.9 Å². The fraction of sp³-hybridized carbons (Fsp3) is 0.125. The summed E-state index contributed by atoms with van der Waals surface area (Å²) in [5.74, 6) is 0.785. The van der Waals surface area contributed by atoms with Gasteiger partial charge in [-0.15, -0.1) is 11.8 Å². The highest BCUT2D eigenvalue weighted by molar-refractivity contribution is 7.98. The molecule has 4 aromatic rings. The van der Waals surface area contributed by atoms with Crippen LogP contribution in [0.25, 0.3) is 11.0 Å². The Morgan fingerprint density at radius 2 is 1.77 bits per heavy atom. The van der Waals surface area contributed by atoms with Crippen LogP contribution in [0.3, 0.4) is 0 Å². The van der Waals surface area contributed by atoms with Gasteiger partial charge in [-0.1, -0.05) is 24.3 Å². The Kier molecular flexibility index (Phi) is 6.33. The lowest BCUT2D eigenvalue weighted by Crippen LogP contribution is -2.14. The zero-order chi connectivity index (χ0) is 21.6. The number of anilines is 1. The summed E-state index contributed by atoms with van der Waals surface area (Å²) in [5, 5.41) is 2.89. The molecule has 3 aromatic carbocycles. The van der Waals surface area contributed by atoms with Crippen molar-refractivity contribution in [1.82, 2.24) is 9.97 Å². The van der Waals surface area contributed by atoms with E-state index in [9.17, 15) is 9.59 Å². The van der Waals surface area contributed by atoms with Gasteiger partial charge in [-0.3, -0.25) is 9.59 Å². The highest BCUT2D eigenvalue weighted by Gasteiger charge is 2.12. The number of nitrogens with one attached hydrogen (secondary N) is 2. The largest absolute Gasteiger partial charge is 0.493 e. The molecule has 0 aliphatic heterocycles. The second kappa shape index (κ2) is 9.49. The Balaban J connectivity index is 1.41. The maximum Gasteiger partial charge on any atom is 0.271 e. The number of aromatic nitrogens is 2. The minimum absolute atomic E-state index is 0.178. The maximum absolute atomic E-state index is 12.6. The monoisotopic (exact) mass is 431 g/mol. The Bertz CT molecular complexity index is 1270. The van der Waals surface area contributed by atoms with E-state index in [1.807, 2.05) is 61.5 Å². The molecule has 1 amide bonds. The van der Waals surface area contributed by atoms with Crippen LogP contribution in [0.5, 0.6) is 5.75 Å². The number of ether oxygens (including phenoxy) is 1. The molecule has 0 saturated carbocycles. The highest BCUT2D eigenvalue weighted by atomic mass is 32.2. The average Bonchev–Trinajstić information content (AvgIpc) is 2.79. The number of hydrogen-bond donors (Lipinski definition) is 2. The zero-order valence-electron chi connectivity index (χ0n) is 16.9. The summed E-state index contributed by atoms with van der Waals surface area (Å²) in [6, 6.07) is 22.1. The van der Waals surface area contributed by atoms with Gasteiger partial charge in [-0.2, -0.15) is 0 Å². The molecule has 6 nitrogen and oxygen atoms in total.